The van der Waals surface area contributed by atoms with Gasteiger partial charge in [0.15, 0.2) is 6.29 Å². The first-order valence-corrected chi connectivity index (χ1v) is 16.3. The number of carbonyl (C=O) groups excluding carboxylic acids is 2. The minimum atomic E-state index is -4.03. The molecule has 12 heteroatoms. The van der Waals surface area contributed by atoms with Gasteiger partial charge in [0.1, 0.15) is 11.9 Å². The van der Waals surface area contributed by atoms with E-state index in [1.165, 1.54) is 11.2 Å². The molecule has 2 aromatic rings. The highest BCUT2D eigenvalue weighted by Crippen LogP contribution is 2.33. The summed E-state index contributed by atoms with van der Waals surface area (Å²) in [5.41, 5.74) is 1.21. The molecule has 2 fully saturated rings. The van der Waals surface area contributed by atoms with Crippen LogP contribution in [0.15, 0.2) is 59.5 Å². The number of nitrogens with zero attached hydrogens (tertiary/aromatic N) is 1. The van der Waals surface area contributed by atoms with Crippen LogP contribution in [0.2, 0.25) is 0 Å². The van der Waals surface area contributed by atoms with Crippen molar-refractivity contribution in [3.05, 3.63) is 65.7 Å². The Balaban J connectivity index is 0.00000529. The number of alkyl carbamates (subject to hydrolysis) is 1. The number of sulfonamides is 1. The van der Waals surface area contributed by atoms with Crippen LogP contribution in [0.25, 0.3) is 0 Å². The second kappa shape index (κ2) is 15.4. The monoisotopic (exact) mass is 634 g/mol. The molecule has 1 amide bonds. The van der Waals surface area contributed by atoms with Crippen molar-refractivity contribution in [3.63, 3.8) is 0 Å². The first-order valence-electron chi connectivity index (χ1n) is 14.8. The summed E-state index contributed by atoms with van der Waals surface area (Å²) in [5.74, 6) is -0.0227. The summed E-state index contributed by atoms with van der Waals surface area (Å²) in [6.07, 6.45) is -1.07. The minimum Gasteiger partial charge on any atom is -0.443 e. The Kier molecular flexibility index (Phi) is 12.5. The number of carbonyl (C=O) groups is 2. The number of ketones is 1. The number of amides is 1. The zero-order valence-electron chi connectivity index (χ0n) is 25.9. The van der Waals surface area contributed by atoms with Gasteiger partial charge in [0.25, 0.3) is 0 Å². The van der Waals surface area contributed by atoms with Crippen molar-refractivity contribution in [2.24, 2.45) is 11.3 Å². The molecule has 4 rings (SSSR count). The summed E-state index contributed by atoms with van der Waals surface area (Å²) >= 11 is 0. The molecule has 0 bridgehead atoms. The number of aliphatic hydroxyl groups is 1. The van der Waals surface area contributed by atoms with Crippen molar-refractivity contribution in [1.29, 1.82) is 0 Å². The van der Waals surface area contributed by atoms with Gasteiger partial charge >= 0.3 is 6.09 Å². The molecular weight excluding hydrogens is 588 g/mol. The zero-order valence-corrected chi connectivity index (χ0v) is 26.7. The van der Waals surface area contributed by atoms with Gasteiger partial charge in [0.05, 0.1) is 36.2 Å². The first kappa shape index (κ1) is 35.6. The predicted molar refractivity (Wildman–Crippen MR) is 164 cm³/mol. The van der Waals surface area contributed by atoms with Gasteiger partial charge in [-0.15, -0.1) is 0 Å². The molecule has 4 N–H and O–H groups in total. The fraction of sp³-hybridized carbons (Fsp3) is 0.562. The predicted octanol–water partition coefficient (Wildman–Crippen LogP) is 3.02. The van der Waals surface area contributed by atoms with Crippen LogP contribution in [0.4, 0.5) is 4.79 Å². The molecule has 0 aliphatic carbocycles. The number of aryl methyl sites for hydroxylation is 1. The summed E-state index contributed by atoms with van der Waals surface area (Å²) in [6.45, 7) is 7.76. The number of benzene rings is 2. The van der Waals surface area contributed by atoms with Crippen LogP contribution in [0.1, 0.15) is 51.2 Å². The number of ether oxygens (including phenoxy) is 3. The van der Waals surface area contributed by atoms with Crippen LogP contribution in [-0.2, 0) is 35.4 Å². The average Bonchev–Trinajstić information content (AvgIpc) is 3.57. The van der Waals surface area contributed by atoms with Crippen molar-refractivity contribution in [1.82, 2.24) is 9.62 Å². The van der Waals surface area contributed by atoms with Gasteiger partial charge in [-0.05, 0) is 56.2 Å². The van der Waals surface area contributed by atoms with E-state index in [0.29, 0.717) is 19.4 Å². The lowest BCUT2D eigenvalue weighted by Crippen LogP contribution is -2.52. The number of aliphatic hydroxyl groups excluding tert-OH is 1. The van der Waals surface area contributed by atoms with Crippen LogP contribution >= 0.6 is 0 Å². The van der Waals surface area contributed by atoms with Gasteiger partial charge < -0.3 is 34.9 Å². The quantitative estimate of drug-likeness (QED) is 0.320. The molecule has 4 unspecified atom stereocenters. The van der Waals surface area contributed by atoms with Crippen molar-refractivity contribution in [3.8, 4) is 0 Å². The Bertz CT molecular complexity index is 1340. The van der Waals surface area contributed by atoms with Gasteiger partial charge in [-0.3, -0.25) is 0 Å². The molecule has 0 spiro atoms. The van der Waals surface area contributed by atoms with E-state index in [2.05, 4.69) is 5.32 Å². The van der Waals surface area contributed by atoms with E-state index in [-0.39, 0.29) is 54.5 Å². The first-order chi connectivity index (χ1) is 20.3. The Morgan fingerprint density at radius 2 is 1.80 bits per heavy atom. The highest BCUT2D eigenvalue weighted by molar-refractivity contribution is 7.89. The number of Topliss-reactive ketones (excluding diaryl/α,β-unsaturated/α-hetero) is 1. The number of fused-ring (bicyclic) bond motifs is 1. The summed E-state index contributed by atoms with van der Waals surface area (Å²) in [6, 6.07) is 15.0. The maximum Gasteiger partial charge on any atom is 0.407 e. The van der Waals surface area contributed by atoms with E-state index in [9.17, 15) is 23.1 Å². The molecule has 0 radical (unpaired) electrons. The molecule has 11 nitrogen and oxygen atoms in total. The van der Waals surface area contributed by atoms with Crippen molar-refractivity contribution < 1.29 is 42.8 Å². The lowest BCUT2D eigenvalue weighted by molar-refractivity contribution is -0.117. The summed E-state index contributed by atoms with van der Waals surface area (Å²) in [5, 5.41) is 14.4. The molecule has 44 heavy (non-hydrogen) atoms. The third kappa shape index (κ3) is 9.56. The molecule has 2 saturated heterocycles. The molecule has 244 valence electrons. The molecule has 2 aromatic carbocycles. The van der Waals surface area contributed by atoms with E-state index in [4.69, 9.17) is 14.2 Å². The number of hydrogen-bond acceptors (Lipinski definition) is 8. The number of nitrogens with one attached hydrogen (secondary N) is 1. The topological polar surface area (TPSA) is 163 Å². The summed E-state index contributed by atoms with van der Waals surface area (Å²) in [4.78, 5) is 24.9. The van der Waals surface area contributed by atoms with Crippen molar-refractivity contribution >= 4 is 21.9 Å². The van der Waals surface area contributed by atoms with Gasteiger partial charge in [0, 0.05) is 19.5 Å². The largest absolute Gasteiger partial charge is 0.443 e. The van der Waals surface area contributed by atoms with Crippen LogP contribution in [0.3, 0.4) is 0 Å². The van der Waals surface area contributed by atoms with Crippen LogP contribution in [0.5, 0.6) is 0 Å². The van der Waals surface area contributed by atoms with Gasteiger partial charge in [0.2, 0.25) is 10.0 Å². The SMILES string of the molecule is CC(=O)CCC(C)(C)CN(CC(O)[C@H](Cc1ccccc1)NC(=O)OC1COC2OCCC12)S(=O)(=O)c1ccc(C)cc1.O. The van der Waals surface area contributed by atoms with Crippen LogP contribution in [-0.4, -0.2) is 86.0 Å². The fourth-order valence-corrected chi connectivity index (χ4v) is 7.18. The standard InChI is InChI=1S/C32H44N2O8S.H2O/c1-22-10-12-25(13-11-22)43(38,39)34(21-32(3,4)16-14-23(2)35)19-28(36)27(18-24-8-6-5-7-9-24)33-31(37)42-29-20-41-30-26(29)15-17-40-30;/h5-13,26-30,36H,14-21H2,1-4H3,(H,33,37);1H2/t26?,27-,28?,29?,30?;/m0./s1. The fourth-order valence-electron chi connectivity index (χ4n) is 5.54. The highest BCUT2D eigenvalue weighted by Gasteiger charge is 2.44. The molecular formula is C32H46N2O9S. The Hall–Kier alpha value is -2.87. The maximum absolute atomic E-state index is 13.9. The molecule has 5 atom stereocenters. The van der Waals surface area contributed by atoms with E-state index in [0.717, 1.165) is 17.5 Å². The van der Waals surface area contributed by atoms with Crippen LogP contribution < -0.4 is 5.32 Å². The van der Waals surface area contributed by atoms with E-state index in [1.54, 1.807) is 24.3 Å². The second-order valence-corrected chi connectivity index (χ2v) is 14.4. The molecule has 0 saturated carbocycles. The molecule has 0 aromatic heterocycles. The lowest BCUT2D eigenvalue weighted by Gasteiger charge is -2.35. The van der Waals surface area contributed by atoms with Gasteiger partial charge in [-0.25, -0.2) is 13.2 Å². The van der Waals surface area contributed by atoms with E-state index >= 15 is 0 Å². The van der Waals surface area contributed by atoms with Gasteiger partial charge in [-0.1, -0.05) is 61.9 Å². The molecule has 2 heterocycles. The third-order valence-corrected chi connectivity index (χ3v) is 9.94. The maximum atomic E-state index is 13.9. The number of rotatable bonds is 14. The van der Waals surface area contributed by atoms with Crippen molar-refractivity contribution in [2.45, 2.75) is 82.8 Å². The summed E-state index contributed by atoms with van der Waals surface area (Å²) < 4.78 is 46.0. The third-order valence-electron chi connectivity index (χ3n) is 8.12. The van der Waals surface area contributed by atoms with Crippen molar-refractivity contribution in [2.75, 3.05) is 26.3 Å². The average molecular weight is 635 g/mol. The number of hydrogen-bond donors (Lipinski definition) is 2. The van der Waals surface area contributed by atoms with Gasteiger partial charge in [-0.2, -0.15) is 4.31 Å². The lowest BCUT2D eigenvalue weighted by atomic mass is 9.87. The minimum absolute atomic E-state index is 0. The molecule has 2 aliphatic heterocycles. The van der Waals surface area contributed by atoms with Crippen LogP contribution in [0, 0.1) is 18.3 Å². The smallest absolute Gasteiger partial charge is 0.407 e. The van der Waals surface area contributed by atoms with E-state index < -0.39 is 39.8 Å². The highest BCUT2D eigenvalue weighted by atomic mass is 32.2. The van der Waals surface area contributed by atoms with E-state index in [1.807, 2.05) is 51.1 Å². The summed E-state index contributed by atoms with van der Waals surface area (Å²) in [7, 11) is -4.03. The zero-order chi connectivity index (χ0) is 31.2. The normalized spacial score (nSPS) is 21.3. The Morgan fingerprint density at radius 3 is 2.45 bits per heavy atom. The Morgan fingerprint density at radius 1 is 1.11 bits per heavy atom. The second-order valence-electron chi connectivity index (χ2n) is 12.5. The molecule has 2 aliphatic rings. The Labute approximate surface area is 260 Å².